The van der Waals surface area contributed by atoms with Gasteiger partial charge >= 0.3 is 0 Å². The van der Waals surface area contributed by atoms with Crippen molar-refractivity contribution < 1.29 is 9.53 Å². The predicted molar refractivity (Wildman–Crippen MR) is 90.9 cm³/mol. The van der Waals surface area contributed by atoms with Crippen LogP contribution < -0.4 is 16.0 Å². The number of fused-ring (bicyclic) bond motifs is 1. The second-order valence-electron chi connectivity index (χ2n) is 6.27. The molecule has 24 heavy (non-hydrogen) atoms. The van der Waals surface area contributed by atoms with Gasteiger partial charge in [0.2, 0.25) is 5.91 Å². The summed E-state index contributed by atoms with van der Waals surface area (Å²) in [7, 11) is 1.59. The van der Waals surface area contributed by atoms with Crippen molar-refractivity contribution in [1.82, 2.24) is 14.5 Å². The topological polar surface area (TPSA) is 90.5 Å². The fourth-order valence-electron chi connectivity index (χ4n) is 3.22. The summed E-state index contributed by atoms with van der Waals surface area (Å²) in [4.78, 5) is 30.0. The number of ether oxygens (including phenoxy) is 1. The molecule has 2 heterocycles. The van der Waals surface area contributed by atoms with E-state index in [2.05, 4.69) is 9.88 Å². The maximum Gasteiger partial charge on any atom is 0.261 e. The molecule has 128 valence electrons. The molecular weight excluding hydrogens is 308 g/mol. The summed E-state index contributed by atoms with van der Waals surface area (Å²) < 4.78 is 6.85. The minimum Gasteiger partial charge on any atom is -0.497 e. The number of benzene rings is 1. The molecule has 1 amide bonds. The third kappa shape index (κ3) is 3.56. The van der Waals surface area contributed by atoms with Gasteiger partial charge in [-0.05, 0) is 44.0 Å². The maximum atomic E-state index is 12.6. The van der Waals surface area contributed by atoms with Gasteiger partial charge < -0.3 is 10.5 Å². The average Bonchev–Trinajstić information content (AvgIpc) is 2.58. The Labute approximate surface area is 140 Å². The van der Waals surface area contributed by atoms with Gasteiger partial charge in [-0.15, -0.1) is 0 Å². The normalized spacial score (nSPS) is 16.4. The van der Waals surface area contributed by atoms with E-state index in [9.17, 15) is 9.59 Å². The van der Waals surface area contributed by atoms with Gasteiger partial charge in [-0.3, -0.25) is 19.1 Å². The number of hydrogen-bond acceptors (Lipinski definition) is 5. The van der Waals surface area contributed by atoms with Crippen LogP contribution in [-0.2, 0) is 11.3 Å². The van der Waals surface area contributed by atoms with Gasteiger partial charge in [-0.2, -0.15) is 0 Å². The smallest absolute Gasteiger partial charge is 0.261 e. The number of methoxy groups -OCH3 is 1. The molecule has 3 rings (SSSR count). The number of carbonyl (C=O) groups excluding carboxylic acids is 1. The highest BCUT2D eigenvalue weighted by atomic mass is 16.5. The number of nitrogens with zero attached hydrogens (tertiary/aromatic N) is 3. The molecule has 0 saturated carbocycles. The van der Waals surface area contributed by atoms with E-state index in [1.807, 2.05) is 0 Å². The van der Waals surface area contributed by atoms with Crippen molar-refractivity contribution >= 4 is 16.8 Å². The first-order valence-electron chi connectivity index (χ1n) is 8.10. The third-order valence-corrected chi connectivity index (χ3v) is 4.57. The Morgan fingerprint density at radius 3 is 2.79 bits per heavy atom. The van der Waals surface area contributed by atoms with E-state index in [4.69, 9.17) is 10.5 Å². The Balaban J connectivity index is 1.71. The molecule has 0 bridgehead atoms. The van der Waals surface area contributed by atoms with Crippen molar-refractivity contribution in [2.75, 3.05) is 26.7 Å². The van der Waals surface area contributed by atoms with Gasteiger partial charge in [0, 0.05) is 12.6 Å². The van der Waals surface area contributed by atoms with Gasteiger partial charge in [-0.1, -0.05) is 0 Å². The first-order chi connectivity index (χ1) is 11.6. The number of piperidine rings is 1. The van der Waals surface area contributed by atoms with Gasteiger partial charge in [0.15, 0.2) is 0 Å². The van der Waals surface area contributed by atoms with Gasteiger partial charge in [0.1, 0.15) is 5.75 Å². The van der Waals surface area contributed by atoms with Crippen LogP contribution >= 0.6 is 0 Å². The third-order valence-electron chi connectivity index (χ3n) is 4.57. The molecule has 1 aliphatic rings. The number of nitrogens with two attached hydrogens (primary N) is 1. The Morgan fingerprint density at radius 1 is 1.38 bits per heavy atom. The van der Waals surface area contributed by atoms with E-state index < -0.39 is 0 Å². The van der Waals surface area contributed by atoms with Crippen LogP contribution in [0, 0.1) is 5.92 Å². The number of rotatable bonds is 5. The molecule has 0 atom stereocenters. The summed E-state index contributed by atoms with van der Waals surface area (Å²) in [5, 5.41) is 0.601. The molecule has 1 aliphatic heterocycles. The van der Waals surface area contributed by atoms with Gasteiger partial charge in [-0.25, -0.2) is 4.98 Å². The second-order valence-corrected chi connectivity index (χ2v) is 6.27. The van der Waals surface area contributed by atoms with Gasteiger partial charge in [0.25, 0.3) is 5.56 Å². The lowest BCUT2D eigenvalue weighted by Gasteiger charge is -2.31. The number of primary amides is 1. The predicted octanol–water partition coefficient (Wildman–Crippen LogP) is 0.602. The minimum atomic E-state index is -0.293. The van der Waals surface area contributed by atoms with E-state index in [0.717, 1.165) is 25.9 Å². The summed E-state index contributed by atoms with van der Waals surface area (Å²) in [6.45, 7) is 2.63. The molecule has 0 aliphatic carbocycles. The molecule has 1 fully saturated rings. The lowest BCUT2D eigenvalue weighted by Crippen LogP contribution is -2.40. The lowest BCUT2D eigenvalue weighted by molar-refractivity contribution is -0.119. The monoisotopic (exact) mass is 330 g/mol. The SMILES string of the molecule is COc1ccc2c(=O)n(CC3CCN(CC(N)=O)CC3)cnc2c1. The molecule has 2 N–H and O–H groups in total. The molecule has 0 radical (unpaired) electrons. The van der Waals surface area contributed by atoms with Crippen LogP contribution in [0.1, 0.15) is 12.8 Å². The molecular formula is C17H22N4O3. The van der Waals surface area contributed by atoms with Crippen LogP contribution in [0.2, 0.25) is 0 Å². The minimum absolute atomic E-state index is 0.0257. The van der Waals surface area contributed by atoms with E-state index in [1.54, 1.807) is 36.2 Å². The maximum absolute atomic E-state index is 12.6. The number of carbonyl (C=O) groups is 1. The Bertz CT molecular complexity index is 794. The van der Waals surface area contributed by atoms with E-state index in [0.29, 0.717) is 35.7 Å². The number of aromatic nitrogens is 2. The second kappa shape index (κ2) is 7.00. The van der Waals surface area contributed by atoms with Crippen LogP contribution in [0.15, 0.2) is 29.3 Å². The number of amides is 1. The molecule has 7 nitrogen and oxygen atoms in total. The van der Waals surface area contributed by atoms with Crippen molar-refractivity contribution in [3.8, 4) is 5.75 Å². The van der Waals surface area contributed by atoms with Crippen molar-refractivity contribution in [3.63, 3.8) is 0 Å². The molecule has 1 aromatic heterocycles. The Morgan fingerprint density at radius 2 is 2.12 bits per heavy atom. The zero-order valence-electron chi connectivity index (χ0n) is 13.8. The van der Waals surface area contributed by atoms with Crippen LogP contribution in [0.4, 0.5) is 0 Å². The summed E-state index contributed by atoms with van der Waals surface area (Å²) in [5.74, 6) is 0.803. The number of hydrogen-bond donors (Lipinski definition) is 1. The Hall–Kier alpha value is -2.41. The molecule has 7 heteroatoms. The molecule has 0 spiro atoms. The van der Waals surface area contributed by atoms with Gasteiger partial charge in [0.05, 0.1) is 30.9 Å². The fourth-order valence-corrected chi connectivity index (χ4v) is 3.22. The van der Waals surface area contributed by atoms with E-state index in [-0.39, 0.29) is 11.5 Å². The van der Waals surface area contributed by atoms with E-state index in [1.165, 1.54) is 0 Å². The average molecular weight is 330 g/mol. The lowest BCUT2D eigenvalue weighted by atomic mass is 9.96. The van der Waals surface area contributed by atoms with Crippen molar-refractivity contribution in [2.24, 2.45) is 11.7 Å². The summed E-state index contributed by atoms with van der Waals surface area (Å²) in [6, 6.07) is 5.30. The molecule has 0 unspecified atom stereocenters. The Kier molecular flexibility index (Phi) is 4.80. The first-order valence-corrected chi connectivity index (χ1v) is 8.10. The van der Waals surface area contributed by atoms with Crippen LogP contribution in [0.3, 0.4) is 0 Å². The van der Waals surface area contributed by atoms with Crippen LogP contribution in [-0.4, -0.2) is 47.1 Å². The summed E-state index contributed by atoms with van der Waals surface area (Å²) in [5.41, 5.74) is 5.85. The molecule has 1 saturated heterocycles. The molecule has 1 aromatic carbocycles. The summed E-state index contributed by atoms with van der Waals surface area (Å²) in [6.07, 6.45) is 3.50. The van der Waals surface area contributed by atoms with Crippen LogP contribution in [0.25, 0.3) is 10.9 Å². The quantitative estimate of drug-likeness (QED) is 0.867. The van der Waals surface area contributed by atoms with Crippen LogP contribution in [0.5, 0.6) is 5.75 Å². The fraction of sp³-hybridized carbons (Fsp3) is 0.471. The number of likely N-dealkylation sites (tertiary alicyclic amines) is 1. The highest BCUT2D eigenvalue weighted by molar-refractivity contribution is 5.78. The summed E-state index contributed by atoms with van der Waals surface area (Å²) >= 11 is 0. The zero-order chi connectivity index (χ0) is 17.1. The standard InChI is InChI=1S/C17H22N4O3/c1-24-13-2-3-14-15(8-13)19-11-21(17(14)23)9-12-4-6-20(7-5-12)10-16(18)22/h2-3,8,11-12H,4-7,9-10H2,1H3,(H2,18,22). The highest BCUT2D eigenvalue weighted by Gasteiger charge is 2.21. The first kappa shape index (κ1) is 16.4. The van der Waals surface area contributed by atoms with E-state index >= 15 is 0 Å². The highest BCUT2D eigenvalue weighted by Crippen LogP contribution is 2.19. The van der Waals surface area contributed by atoms with Crippen molar-refractivity contribution in [3.05, 3.63) is 34.9 Å². The zero-order valence-corrected chi connectivity index (χ0v) is 13.8. The molecule has 2 aromatic rings. The van der Waals surface area contributed by atoms with Crippen molar-refractivity contribution in [2.45, 2.75) is 19.4 Å². The largest absolute Gasteiger partial charge is 0.497 e. The van der Waals surface area contributed by atoms with Crippen molar-refractivity contribution in [1.29, 1.82) is 0 Å².